The number of rotatable bonds is 4. The quantitative estimate of drug-likeness (QED) is 0.664. The topological polar surface area (TPSA) is 102 Å². The van der Waals surface area contributed by atoms with Crippen molar-refractivity contribution in [3.8, 4) is 0 Å². The highest BCUT2D eigenvalue weighted by atomic mass is 16.6. The Balaban J connectivity index is 2.19. The van der Waals surface area contributed by atoms with Crippen LogP contribution in [0.4, 0.5) is 5.69 Å². The number of aromatic nitrogens is 2. The molecule has 1 fully saturated rings. The van der Waals surface area contributed by atoms with Crippen molar-refractivity contribution in [3.63, 3.8) is 0 Å². The number of aliphatic hydroxyl groups is 1. The van der Waals surface area contributed by atoms with Crippen LogP contribution in [0.1, 0.15) is 38.1 Å². The summed E-state index contributed by atoms with van der Waals surface area (Å²) in [5.74, 6) is -0.176. The van der Waals surface area contributed by atoms with Crippen LogP contribution >= 0.6 is 0 Å². The monoisotopic (exact) mass is 310 g/mol. The first-order valence-corrected chi connectivity index (χ1v) is 7.33. The van der Waals surface area contributed by atoms with Gasteiger partial charge in [-0.2, -0.15) is 5.10 Å². The van der Waals surface area contributed by atoms with Gasteiger partial charge in [0.15, 0.2) is 0 Å². The van der Waals surface area contributed by atoms with E-state index in [2.05, 4.69) is 5.10 Å². The van der Waals surface area contributed by atoms with E-state index in [1.165, 1.54) is 4.68 Å². The molecule has 0 aliphatic carbocycles. The van der Waals surface area contributed by atoms with Crippen LogP contribution in [0.3, 0.4) is 0 Å². The van der Waals surface area contributed by atoms with Gasteiger partial charge in [0.2, 0.25) is 5.91 Å². The largest absolute Gasteiger partial charge is 0.388 e. The van der Waals surface area contributed by atoms with Crippen molar-refractivity contribution in [3.05, 3.63) is 21.5 Å². The first-order chi connectivity index (χ1) is 10.1. The molecule has 22 heavy (non-hydrogen) atoms. The Kier molecular flexibility index (Phi) is 4.23. The number of likely N-dealkylation sites (tertiary alicyclic amines) is 1. The van der Waals surface area contributed by atoms with E-state index in [0.717, 1.165) is 12.8 Å². The summed E-state index contributed by atoms with van der Waals surface area (Å²) in [7, 11) is 0. The van der Waals surface area contributed by atoms with Gasteiger partial charge >= 0.3 is 5.69 Å². The molecule has 1 aliphatic heterocycles. The number of nitrogens with zero attached hydrogens (tertiary/aromatic N) is 4. The minimum atomic E-state index is -0.965. The van der Waals surface area contributed by atoms with E-state index in [1.54, 1.807) is 32.6 Å². The van der Waals surface area contributed by atoms with Crippen molar-refractivity contribution in [2.75, 3.05) is 6.54 Å². The molecule has 1 amide bonds. The maximum absolute atomic E-state index is 12.5. The van der Waals surface area contributed by atoms with Gasteiger partial charge in [0.25, 0.3) is 0 Å². The molecule has 1 N–H and O–H groups in total. The Morgan fingerprint density at radius 3 is 2.64 bits per heavy atom. The van der Waals surface area contributed by atoms with Crippen molar-refractivity contribution in [2.45, 2.75) is 58.7 Å². The van der Waals surface area contributed by atoms with Gasteiger partial charge in [-0.05, 0) is 40.5 Å². The maximum atomic E-state index is 12.5. The zero-order valence-electron chi connectivity index (χ0n) is 13.4. The SMILES string of the molecule is Cc1nn(CC(=O)N2CCCC2C(C)(C)O)c(C)c1[N+](=O)[O-]. The summed E-state index contributed by atoms with van der Waals surface area (Å²) in [5, 5.41) is 25.3. The second kappa shape index (κ2) is 5.68. The average Bonchev–Trinajstić information content (AvgIpc) is 2.94. The lowest BCUT2D eigenvalue weighted by Gasteiger charge is -2.33. The Labute approximate surface area is 128 Å². The second-order valence-electron chi connectivity index (χ2n) is 6.33. The lowest BCUT2D eigenvalue weighted by Crippen LogP contribution is -2.49. The highest BCUT2D eigenvalue weighted by molar-refractivity contribution is 5.77. The summed E-state index contributed by atoms with van der Waals surface area (Å²) in [6, 6.07) is -0.230. The van der Waals surface area contributed by atoms with Crippen LogP contribution in [-0.4, -0.2) is 48.8 Å². The van der Waals surface area contributed by atoms with E-state index >= 15 is 0 Å². The van der Waals surface area contributed by atoms with Crippen molar-refractivity contribution >= 4 is 11.6 Å². The zero-order valence-corrected chi connectivity index (χ0v) is 13.4. The first-order valence-electron chi connectivity index (χ1n) is 7.33. The van der Waals surface area contributed by atoms with E-state index in [1.807, 2.05) is 0 Å². The predicted molar refractivity (Wildman–Crippen MR) is 79.4 cm³/mol. The van der Waals surface area contributed by atoms with Gasteiger partial charge in [-0.25, -0.2) is 0 Å². The minimum absolute atomic E-state index is 0.0479. The summed E-state index contributed by atoms with van der Waals surface area (Å²) in [5.41, 5.74) is -0.341. The molecule has 1 aromatic heterocycles. The maximum Gasteiger partial charge on any atom is 0.312 e. The van der Waals surface area contributed by atoms with Crippen LogP contribution in [0.25, 0.3) is 0 Å². The van der Waals surface area contributed by atoms with Gasteiger partial charge in [-0.3, -0.25) is 19.6 Å². The van der Waals surface area contributed by atoms with E-state index in [9.17, 15) is 20.0 Å². The van der Waals surface area contributed by atoms with Crippen molar-refractivity contribution in [1.82, 2.24) is 14.7 Å². The molecule has 1 atom stereocenters. The fourth-order valence-electron chi connectivity index (χ4n) is 3.12. The van der Waals surface area contributed by atoms with E-state index < -0.39 is 10.5 Å². The average molecular weight is 310 g/mol. The van der Waals surface area contributed by atoms with Crippen molar-refractivity contribution in [1.29, 1.82) is 0 Å². The fourth-order valence-corrected chi connectivity index (χ4v) is 3.12. The molecular formula is C14H22N4O4. The Morgan fingerprint density at radius 1 is 1.50 bits per heavy atom. The number of nitro groups is 1. The summed E-state index contributed by atoms with van der Waals surface area (Å²) >= 11 is 0. The summed E-state index contributed by atoms with van der Waals surface area (Å²) < 4.78 is 1.37. The molecule has 1 aromatic rings. The fraction of sp³-hybridized carbons (Fsp3) is 0.714. The number of carbonyl (C=O) groups excluding carboxylic acids is 1. The van der Waals surface area contributed by atoms with Crippen LogP contribution < -0.4 is 0 Å². The summed E-state index contributed by atoms with van der Waals surface area (Å²) in [6.45, 7) is 7.07. The highest BCUT2D eigenvalue weighted by Gasteiger charge is 2.38. The van der Waals surface area contributed by atoms with Crippen LogP contribution in [0, 0.1) is 24.0 Å². The standard InChI is InChI=1S/C14H22N4O4/c1-9-13(18(21)22)10(2)17(15-9)8-12(19)16-7-5-6-11(16)14(3,4)20/h11,20H,5-8H2,1-4H3. The molecule has 0 radical (unpaired) electrons. The second-order valence-corrected chi connectivity index (χ2v) is 6.33. The third-order valence-corrected chi connectivity index (χ3v) is 4.20. The third-order valence-electron chi connectivity index (χ3n) is 4.20. The van der Waals surface area contributed by atoms with Crippen molar-refractivity contribution in [2.24, 2.45) is 0 Å². The zero-order chi connectivity index (χ0) is 16.7. The lowest BCUT2D eigenvalue weighted by atomic mass is 9.96. The van der Waals surface area contributed by atoms with Crippen LogP contribution in [0.2, 0.25) is 0 Å². The Morgan fingerprint density at radius 2 is 2.14 bits per heavy atom. The number of carbonyl (C=O) groups is 1. The van der Waals surface area contributed by atoms with Crippen molar-refractivity contribution < 1.29 is 14.8 Å². The molecule has 1 saturated heterocycles. The molecule has 2 rings (SSSR count). The van der Waals surface area contributed by atoms with Gasteiger partial charge in [-0.15, -0.1) is 0 Å². The van der Waals surface area contributed by atoms with Gasteiger partial charge in [0.1, 0.15) is 17.9 Å². The molecule has 0 spiro atoms. The molecule has 8 heteroatoms. The molecule has 8 nitrogen and oxygen atoms in total. The van der Waals surface area contributed by atoms with Gasteiger partial charge in [0, 0.05) is 6.54 Å². The lowest BCUT2D eigenvalue weighted by molar-refractivity contribution is -0.386. The van der Waals surface area contributed by atoms with Gasteiger partial charge in [-0.1, -0.05) is 0 Å². The number of amides is 1. The molecule has 1 unspecified atom stereocenters. The van der Waals surface area contributed by atoms with E-state index in [-0.39, 0.29) is 24.2 Å². The van der Waals surface area contributed by atoms with E-state index in [4.69, 9.17) is 0 Å². The number of hydrogen-bond donors (Lipinski definition) is 1. The molecule has 0 saturated carbocycles. The molecule has 122 valence electrons. The van der Waals surface area contributed by atoms with Gasteiger partial charge < -0.3 is 10.0 Å². The molecular weight excluding hydrogens is 288 g/mol. The van der Waals surface area contributed by atoms with E-state index in [0.29, 0.717) is 17.9 Å². The molecule has 0 aromatic carbocycles. The first kappa shape index (κ1) is 16.4. The minimum Gasteiger partial charge on any atom is -0.388 e. The van der Waals surface area contributed by atoms with Crippen LogP contribution in [0.15, 0.2) is 0 Å². The number of aryl methyl sites for hydroxylation is 1. The molecule has 2 heterocycles. The van der Waals surface area contributed by atoms with Crippen LogP contribution in [0.5, 0.6) is 0 Å². The summed E-state index contributed by atoms with van der Waals surface area (Å²) in [6.07, 6.45) is 1.60. The van der Waals surface area contributed by atoms with Gasteiger partial charge in [0.05, 0.1) is 16.6 Å². The molecule has 1 aliphatic rings. The predicted octanol–water partition coefficient (Wildman–Crippen LogP) is 1.17. The Bertz CT molecular complexity index is 603. The smallest absolute Gasteiger partial charge is 0.312 e. The third kappa shape index (κ3) is 2.96. The number of hydrogen-bond acceptors (Lipinski definition) is 5. The van der Waals surface area contributed by atoms with Crippen LogP contribution in [-0.2, 0) is 11.3 Å². The normalized spacial score (nSPS) is 18.8. The highest BCUT2D eigenvalue weighted by Crippen LogP contribution is 2.27. The summed E-state index contributed by atoms with van der Waals surface area (Å²) in [4.78, 5) is 24.7. The Hall–Kier alpha value is -1.96. The molecule has 0 bridgehead atoms.